The summed E-state index contributed by atoms with van der Waals surface area (Å²) in [5, 5.41) is 22.1. The maximum Gasteiger partial charge on any atom is 0.146 e. The topological polar surface area (TPSA) is 115 Å². The molecule has 0 aliphatic rings. The van der Waals surface area contributed by atoms with Gasteiger partial charge in [0.15, 0.2) is 0 Å². The van der Waals surface area contributed by atoms with Gasteiger partial charge in [-0.05, 0) is 23.2 Å². The van der Waals surface area contributed by atoms with Gasteiger partial charge in [-0.15, -0.1) is 0 Å². The third kappa shape index (κ3) is 2.83. The number of halogens is 1. The smallest absolute Gasteiger partial charge is 0.146 e. The Labute approximate surface area is 90.8 Å². The van der Waals surface area contributed by atoms with Crippen molar-refractivity contribution in [1.82, 2.24) is 0 Å². The SMILES string of the molecule is [N-]=[N+]=NCC(O)C(O)c1ccc(N)c(F)c1. The lowest BCUT2D eigenvalue weighted by atomic mass is 10.0. The monoisotopic (exact) mass is 226 g/mol. The average Bonchev–Trinajstić information content (AvgIpc) is 2.28. The number of aliphatic hydroxyl groups is 2. The first kappa shape index (κ1) is 12.3. The highest BCUT2D eigenvalue weighted by atomic mass is 19.1. The van der Waals surface area contributed by atoms with Gasteiger partial charge < -0.3 is 15.9 Å². The fourth-order valence-electron chi connectivity index (χ4n) is 1.17. The fraction of sp³-hybridized carbons (Fsp3) is 0.333. The Kier molecular flexibility index (Phi) is 4.07. The Morgan fingerprint density at radius 2 is 2.19 bits per heavy atom. The molecular weight excluding hydrogens is 215 g/mol. The van der Waals surface area contributed by atoms with Gasteiger partial charge in [0, 0.05) is 4.91 Å². The minimum atomic E-state index is -1.32. The van der Waals surface area contributed by atoms with E-state index in [1.807, 2.05) is 0 Å². The van der Waals surface area contributed by atoms with Crippen molar-refractivity contribution >= 4 is 5.69 Å². The van der Waals surface area contributed by atoms with Crippen molar-refractivity contribution in [2.45, 2.75) is 12.2 Å². The second-order valence-corrected chi connectivity index (χ2v) is 3.21. The minimum Gasteiger partial charge on any atom is -0.396 e. The van der Waals surface area contributed by atoms with Gasteiger partial charge in [-0.3, -0.25) is 0 Å². The van der Waals surface area contributed by atoms with E-state index >= 15 is 0 Å². The summed E-state index contributed by atoms with van der Waals surface area (Å²) in [5.74, 6) is -0.674. The van der Waals surface area contributed by atoms with Crippen LogP contribution in [0.1, 0.15) is 11.7 Å². The lowest BCUT2D eigenvalue weighted by Crippen LogP contribution is -2.21. The molecule has 86 valence electrons. The Balaban J connectivity index is 2.82. The highest BCUT2D eigenvalue weighted by Gasteiger charge is 2.18. The van der Waals surface area contributed by atoms with E-state index in [1.165, 1.54) is 12.1 Å². The molecule has 4 N–H and O–H groups in total. The lowest BCUT2D eigenvalue weighted by Gasteiger charge is -2.16. The van der Waals surface area contributed by atoms with E-state index < -0.39 is 18.0 Å². The summed E-state index contributed by atoms with van der Waals surface area (Å²) in [6.45, 7) is -0.288. The average molecular weight is 226 g/mol. The zero-order valence-electron chi connectivity index (χ0n) is 8.29. The number of benzene rings is 1. The van der Waals surface area contributed by atoms with Crippen molar-refractivity contribution in [3.63, 3.8) is 0 Å². The van der Waals surface area contributed by atoms with Crippen LogP contribution >= 0.6 is 0 Å². The molecule has 0 saturated carbocycles. The lowest BCUT2D eigenvalue weighted by molar-refractivity contribution is 0.0242. The Bertz CT molecular complexity index is 420. The molecule has 0 spiro atoms. The van der Waals surface area contributed by atoms with E-state index in [4.69, 9.17) is 11.3 Å². The van der Waals surface area contributed by atoms with E-state index in [-0.39, 0.29) is 17.8 Å². The molecule has 0 aromatic heterocycles. The first-order valence-corrected chi connectivity index (χ1v) is 4.48. The number of nitrogen functional groups attached to an aromatic ring is 1. The molecule has 1 aromatic rings. The summed E-state index contributed by atoms with van der Waals surface area (Å²) in [6, 6.07) is 3.70. The molecule has 1 aromatic carbocycles. The van der Waals surface area contributed by atoms with Crippen LogP contribution in [0.15, 0.2) is 23.3 Å². The number of azide groups is 1. The van der Waals surface area contributed by atoms with E-state index in [0.29, 0.717) is 0 Å². The standard InChI is InChI=1S/C9H11FN4O2/c10-6-3-5(1-2-7(6)11)9(16)8(15)4-13-14-12/h1-3,8-9,15-16H,4,11H2. The van der Waals surface area contributed by atoms with Crippen molar-refractivity contribution in [1.29, 1.82) is 0 Å². The molecule has 0 fully saturated rings. The van der Waals surface area contributed by atoms with Crippen LogP contribution < -0.4 is 5.73 Å². The van der Waals surface area contributed by atoms with Gasteiger partial charge >= 0.3 is 0 Å². The minimum absolute atomic E-state index is 0.0412. The van der Waals surface area contributed by atoms with Crippen molar-refractivity contribution in [3.05, 3.63) is 40.0 Å². The highest BCUT2D eigenvalue weighted by molar-refractivity contribution is 5.41. The first-order chi connectivity index (χ1) is 7.56. The van der Waals surface area contributed by atoms with Gasteiger partial charge in [0.1, 0.15) is 11.9 Å². The van der Waals surface area contributed by atoms with Gasteiger partial charge in [0.05, 0.1) is 18.3 Å². The Hall–Kier alpha value is -1.82. The summed E-state index contributed by atoms with van der Waals surface area (Å²) >= 11 is 0. The molecular formula is C9H11FN4O2. The fourth-order valence-corrected chi connectivity index (χ4v) is 1.17. The molecule has 0 aliphatic heterocycles. The predicted molar refractivity (Wildman–Crippen MR) is 55.8 cm³/mol. The second kappa shape index (κ2) is 5.32. The van der Waals surface area contributed by atoms with Crippen LogP contribution in [0.25, 0.3) is 10.4 Å². The summed E-state index contributed by atoms with van der Waals surface area (Å²) in [6.07, 6.45) is -2.60. The molecule has 0 bridgehead atoms. The van der Waals surface area contributed by atoms with Gasteiger partial charge in [-0.1, -0.05) is 11.2 Å². The van der Waals surface area contributed by atoms with Gasteiger partial charge in [0.25, 0.3) is 0 Å². The Morgan fingerprint density at radius 3 is 2.75 bits per heavy atom. The number of aliphatic hydroxyl groups excluding tert-OH is 2. The van der Waals surface area contributed by atoms with Gasteiger partial charge in [-0.25, -0.2) is 4.39 Å². The number of rotatable bonds is 4. The van der Waals surface area contributed by atoms with Crippen LogP contribution in [0.5, 0.6) is 0 Å². The largest absolute Gasteiger partial charge is 0.396 e. The van der Waals surface area contributed by atoms with Gasteiger partial charge in [-0.2, -0.15) is 0 Å². The van der Waals surface area contributed by atoms with Crippen LogP contribution in [-0.2, 0) is 0 Å². The van der Waals surface area contributed by atoms with Crippen molar-refractivity contribution < 1.29 is 14.6 Å². The van der Waals surface area contributed by atoms with E-state index in [0.717, 1.165) is 6.07 Å². The third-order valence-corrected chi connectivity index (χ3v) is 2.06. The van der Waals surface area contributed by atoms with E-state index in [1.54, 1.807) is 0 Å². The molecule has 2 atom stereocenters. The quantitative estimate of drug-likeness (QED) is 0.309. The number of nitrogens with two attached hydrogens (primary N) is 1. The molecule has 2 unspecified atom stereocenters. The summed E-state index contributed by atoms with van der Waals surface area (Å²) in [7, 11) is 0. The zero-order valence-corrected chi connectivity index (χ0v) is 8.29. The van der Waals surface area contributed by atoms with Crippen LogP contribution in [0.4, 0.5) is 10.1 Å². The maximum atomic E-state index is 13.1. The molecule has 0 radical (unpaired) electrons. The molecule has 6 nitrogen and oxygen atoms in total. The van der Waals surface area contributed by atoms with Crippen molar-refractivity contribution in [2.24, 2.45) is 5.11 Å². The third-order valence-electron chi connectivity index (χ3n) is 2.06. The molecule has 0 saturated heterocycles. The normalized spacial score (nSPS) is 13.9. The zero-order chi connectivity index (χ0) is 12.1. The van der Waals surface area contributed by atoms with Crippen LogP contribution in [0.2, 0.25) is 0 Å². The molecule has 0 heterocycles. The number of nitrogens with zero attached hydrogens (tertiary/aromatic N) is 3. The van der Waals surface area contributed by atoms with Crippen molar-refractivity contribution in [3.8, 4) is 0 Å². The van der Waals surface area contributed by atoms with Crippen LogP contribution in [0.3, 0.4) is 0 Å². The number of anilines is 1. The van der Waals surface area contributed by atoms with Crippen LogP contribution in [0, 0.1) is 5.82 Å². The molecule has 16 heavy (non-hydrogen) atoms. The van der Waals surface area contributed by atoms with Crippen molar-refractivity contribution in [2.75, 3.05) is 12.3 Å². The second-order valence-electron chi connectivity index (χ2n) is 3.21. The summed E-state index contributed by atoms with van der Waals surface area (Å²) in [4.78, 5) is 2.44. The molecule has 0 amide bonds. The molecule has 1 rings (SSSR count). The first-order valence-electron chi connectivity index (χ1n) is 4.48. The highest BCUT2D eigenvalue weighted by Crippen LogP contribution is 2.21. The van der Waals surface area contributed by atoms with Gasteiger partial charge in [0.2, 0.25) is 0 Å². The predicted octanol–water partition coefficient (Wildman–Crippen LogP) is 1.11. The summed E-state index contributed by atoms with van der Waals surface area (Å²) < 4.78 is 13.1. The van der Waals surface area contributed by atoms with E-state index in [9.17, 15) is 14.6 Å². The number of hydrogen-bond acceptors (Lipinski definition) is 4. The summed E-state index contributed by atoms with van der Waals surface area (Å²) in [5.41, 5.74) is 13.4. The molecule has 0 aliphatic carbocycles. The molecule has 7 heteroatoms. The van der Waals surface area contributed by atoms with E-state index in [2.05, 4.69) is 10.0 Å². The number of hydrogen-bond donors (Lipinski definition) is 3. The maximum absolute atomic E-state index is 13.1. The Morgan fingerprint density at radius 1 is 1.50 bits per heavy atom. The van der Waals surface area contributed by atoms with Crippen LogP contribution in [-0.4, -0.2) is 22.9 Å².